The van der Waals surface area contributed by atoms with Gasteiger partial charge in [-0.05, 0) is 79.1 Å². The third-order valence-corrected chi connectivity index (χ3v) is 7.29. The van der Waals surface area contributed by atoms with Crippen LogP contribution in [0, 0.1) is 17.8 Å². The van der Waals surface area contributed by atoms with E-state index in [9.17, 15) is 36.2 Å². The molecule has 1 heterocycles. The fraction of sp³-hybridized carbons (Fsp3) is 0.519. The molecule has 0 spiro atoms. The van der Waals surface area contributed by atoms with Crippen molar-refractivity contribution in [3.05, 3.63) is 64.7 Å². The van der Waals surface area contributed by atoms with E-state index in [1.165, 1.54) is 0 Å². The first-order valence-corrected chi connectivity index (χ1v) is 12.3. The fourth-order valence-corrected chi connectivity index (χ4v) is 5.21. The Balaban J connectivity index is 1.39. The van der Waals surface area contributed by atoms with Gasteiger partial charge in [0.25, 0.3) is 0 Å². The van der Waals surface area contributed by atoms with Crippen molar-refractivity contribution in [1.29, 1.82) is 0 Å². The Morgan fingerprint density at radius 2 is 1.78 bits per heavy atom. The molecule has 0 amide bonds. The highest BCUT2D eigenvalue weighted by molar-refractivity contribution is 5.71. The molecule has 2 aliphatic rings. The van der Waals surface area contributed by atoms with Gasteiger partial charge in [-0.1, -0.05) is 19.1 Å². The van der Waals surface area contributed by atoms with Crippen molar-refractivity contribution in [2.75, 3.05) is 19.7 Å². The Morgan fingerprint density at radius 1 is 1.05 bits per heavy atom. The van der Waals surface area contributed by atoms with E-state index >= 15 is 0 Å². The number of hydrogen-bond donors (Lipinski definition) is 1. The molecule has 2 aromatic rings. The number of hydrogen-bond acceptors (Lipinski definition) is 3. The SMILES string of the molecule is C[C@H](C(=O)O)[C@H](c1cccc(OC[C@@H]2CCN(Cc3cc(C(F)(F)F)ccc3C(F)(F)F)C2)c1)C1CC1. The lowest BCUT2D eigenvalue weighted by Gasteiger charge is -2.22. The zero-order valence-corrected chi connectivity index (χ0v) is 20.3. The van der Waals surface area contributed by atoms with Gasteiger partial charge in [0, 0.05) is 19.0 Å². The highest BCUT2D eigenvalue weighted by Crippen LogP contribution is 2.47. The molecule has 4 nitrogen and oxygen atoms in total. The first-order chi connectivity index (χ1) is 17.3. The van der Waals surface area contributed by atoms with E-state index < -0.39 is 40.9 Å². The summed E-state index contributed by atoms with van der Waals surface area (Å²) in [5, 5.41) is 9.50. The molecule has 0 radical (unpaired) electrons. The van der Waals surface area contributed by atoms with Crippen LogP contribution in [0.25, 0.3) is 0 Å². The summed E-state index contributed by atoms with van der Waals surface area (Å²) < 4.78 is 85.5. The normalized spacial score (nSPS) is 20.6. The number of alkyl halides is 6. The van der Waals surface area contributed by atoms with Crippen molar-refractivity contribution in [1.82, 2.24) is 4.90 Å². The van der Waals surface area contributed by atoms with E-state index in [0.717, 1.165) is 18.4 Å². The van der Waals surface area contributed by atoms with Gasteiger partial charge in [-0.3, -0.25) is 9.69 Å². The largest absolute Gasteiger partial charge is 0.493 e. The molecule has 1 aliphatic carbocycles. The third-order valence-electron chi connectivity index (χ3n) is 7.29. The van der Waals surface area contributed by atoms with Gasteiger partial charge in [0.2, 0.25) is 0 Å². The van der Waals surface area contributed by atoms with Gasteiger partial charge in [-0.15, -0.1) is 0 Å². The van der Waals surface area contributed by atoms with Crippen LogP contribution in [0.15, 0.2) is 42.5 Å². The monoisotopic (exact) mass is 529 g/mol. The number of rotatable bonds is 9. The fourth-order valence-electron chi connectivity index (χ4n) is 5.21. The molecule has 4 rings (SSSR count). The van der Waals surface area contributed by atoms with Crippen molar-refractivity contribution in [2.24, 2.45) is 17.8 Å². The maximum absolute atomic E-state index is 13.4. The van der Waals surface area contributed by atoms with Gasteiger partial charge in [0.15, 0.2) is 0 Å². The molecule has 1 saturated carbocycles. The Kier molecular flexibility index (Phi) is 7.78. The molecule has 1 aliphatic heterocycles. The number of benzene rings is 2. The van der Waals surface area contributed by atoms with Gasteiger partial charge >= 0.3 is 18.3 Å². The lowest BCUT2D eigenvalue weighted by molar-refractivity contribution is -0.142. The highest BCUT2D eigenvalue weighted by atomic mass is 19.4. The van der Waals surface area contributed by atoms with Gasteiger partial charge < -0.3 is 9.84 Å². The lowest BCUT2D eigenvalue weighted by Crippen LogP contribution is -2.24. The minimum atomic E-state index is -4.75. The van der Waals surface area contributed by atoms with Crippen molar-refractivity contribution < 1.29 is 41.0 Å². The molecule has 2 aromatic carbocycles. The molecule has 1 saturated heterocycles. The van der Waals surface area contributed by atoms with Gasteiger partial charge in [0.05, 0.1) is 23.7 Å². The van der Waals surface area contributed by atoms with Crippen molar-refractivity contribution in [2.45, 2.75) is 51.0 Å². The number of carbonyl (C=O) groups is 1. The van der Waals surface area contributed by atoms with E-state index in [4.69, 9.17) is 4.74 Å². The van der Waals surface area contributed by atoms with Crippen LogP contribution in [0.1, 0.15) is 54.4 Å². The molecule has 3 atom stereocenters. The summed E-state index contributed by atoms with van der Waals surface area (Å²) in [5.41, 5.74) is -1.64. The number of nitrogens with zero attached hydrogens (tertiary/aromatic N) is 1. The Hall–Kier alpha value is -2.75. The molecular weight excluding hydrogens is 500 g/mol. The van der Waals surface area contributed by atoms with Crippen molar-refractivity contribution in [3.63, 3.8) is 0 Å². The summed E-state index contributed by atoms with van der Waals surface area (Å²) in [6.45, 7) is 2.62. The summed E-state index contributed by atoms with van der Waals surface area (Å²) >= 11 is 0. The second kappa shape index (κ2) is 10.6. The van der Waals surface area contributed by atoms with Crippen LogP contribution in [0.5, 0.6) is 5.75 Å². The summed E-state index contributed by atoms with van der Waals surface area (Å²) in [7, 11) is 0. The Bertz CT molecular complexity index is 1110. The standard InChI is InChI=1S/C27H29F6NO3/c1-16(25(35)36)24(18-5-6-18)19-3-2-4-22(12-19)37-15-17-9-10-34(13-17)14-20-11-21(26(28,29)30)7-8-23(20)27(31,32)33/h2-4,7-8,11-12,16-18,24H,5-6,9-10,13-15H2,1H3,(H,35,36)/t16-,17+,24-/m0/s1. The number of aliphatic carboxylic acids is 1. The molecule has 37 heavy (non-hydrogen) atoms. The summed E-state index contributed by atoms with van der Waals surface area (Å²) in [6, 6.07) is 8.92. The Labute approximate surface area is 211 Å². The average Bonchev–Trinajstić information content (AvgIpc) is 3.54. The van der Waals surface area contributed by atoms with Crippen LogP contribution in [-0.4, -0.2) is 35.7 Å². The van der Waals surface area contributed by atoms with Crippen LogP contribution >= 0.6 is 0 Å². The van der Waals surface area contributed by atoms with Crippen LogP contribution in [0.3, 0.4) is 0 Å². The summed E-state index contributed by atoms with van der Waals surface area (Å²) in [4.78, 5) is 13.3. The number of halogens is 6. The molecule has 2 fully saturated rings. The third kappa shape index (κ3) is 6.77. The van der Waals surface area contributed by atoms with Gasteiger partial charge in [-0.25, -0.2) is 0 Å². The minimum absolute atomic E-state index is 0.000892. The molecule has 202 valence electrons. The second-order valence-corrected chi connectivity index (χ2v) is 10.1. The minimum Gasteiger partial charge on any atom is -0.493 e. The van der Waals surface area contributed by atoms with Crippen LogP contribution in [0.2, 0.25) is 0 Å². The molecule has 0 unspecified atom stereocenters. The van der Waals surface area contributed by atoms with E-state index in [0.29, 0.717) is 56.0 Å². The predicted molar refractivity (Wildman–Crippen MR) is 124 cm³/mol. The molecule has 10 heteroatoms. The number of ether oxygens (including phenoxy) is 1. The first kappa shape index (κ1) is 27.3. The lowest BCUT2D eigenvalue weighted by atomic mass is 9.83. The molecule has 0 aromatic heterocycles. The zero-order valence-electron chi connectivity index (χ0n) is 20.3. The molecule has 0 bridgehead atoms. The van der Waals surface area contributed by atoms with Gasteiger partial charge in [0.1, 0.15) is 5.75 Å². The first-order valence-electron chi connectivity index (χ1n) is 12.3. The van der Waals surface area contributed by atoms with Crippen LogP contribution in [0.4, 0.5) is 26.3 Å². The van der Waals surface area contributed by atoms with Crippen LogP contribution < -0.4 is 4.74 Å². The smallest absolute Gasteiger partial charge is 0.416 e. The van der Waals surface area contributed by atoms with E-state index in [1.54, 1.807) is 17.9 Å². The van der Waals surface area contributed by atoms with E-state index in [1.807, 2.05) is 18.2 Å². The van der Waals surface area contributed by atoms with Crippen molar-refractivity contribution in [3.8, 4) is 5.75 Å². The highest BCUT2D eigenvalue weighted by Gasteiger charge is 2.39. The molecule has 1 N–H and O–H groups in total. The maximum Gasteiger partial charge on any atom is 0.416 e. The van der Waals surface area contributed by atoms with E-state index in [2.05, 4.69) is 0 Å². The maximum atomic E-state index is 13.4. The molecular formula is C27H29F6NO3. The van der Waals surface area contributed by atoms with Crippen molar-refractivity contribution >= 4 is 5.97 Å². The van der Waals surface area contributed by atoms with Gasteiger partial charge in [-0.2, -0.15) is 26.3 Å². The number of likely N-dealkylation sites (tertiary alicyclic amines) is 1. The topological polar surface area (TPSA) is 49.8 Å². The predicted octanol–water partition coefficient (Wildman–Crippen LogP) is 6.84. The Morgan fingerprint density at radius 3 is 2.41 bits per heavy atom. The van der Waals surface area contributed by atoms with Crippen LogP contribution in [-0.2, 0) is 23.7 Å². The second-order valence-electron chi connectivity index (χ2n) is 10.1. The quantitative estimate of drug-likeness (QED) is 0.362. The summed E-state index contributed by atoms with van der Waals surface area (Å²) in [6.07, 6.45) is -6.85. The summed E-state index contributed by atoms with van der Waals surface area (Å²) in [5.74, 6) is -0.537. The average molecular weight is 530 g/mol. The number of carboxylic acid groups (broad SMARTS) is 1. The zero-order chi connectivity index (χ0) is 27.0. The van der Waals surface area contributed by atoms with E-state index in [-0.39, 0.29) is 18.4 Å². The number of carboxylic acids is 1.